The van der Waals surface area contributed by atoms with Crippen LogP contribution in [0.15, 0.2) is 41.3 Å². The van der Waals surface area contributed by atoms with Crippen LogP contribution in [0.3, 0.4) is 0 Å². The molecule has 1 fully saturated rings. The molecule has 1 atom stereocenters. The summed E-state index contributed by atoms with van der Waals surface area (Å²) < 4.78 is 73.1. The highest BCUT2D eigenvalue weighted by molar-refractivity contribution is 7.89. The maximum absolute atomic E-state index is 12.9. The Hall–Kier alpha value is -3.92. The molecule has 16 heteroatoms. The fourth-order valence-electron chi connectivity index (χ4n) is 4.91. The minimum atomic E-state index is -4.99. The number of ether oxygens (including phenoxy) is 2. The predicted molar refractivity (Wildman–Crippen MR) is 156 cm³/mol. The minimum Gasteiger partial charge on any atom is -0.464 e. The number of sulfonamides is 1. The van der Waals surface area contributed by atoms with Crippen LogP contribution in [-0.4, -0.2) is 80.7 Å². The zero-order valence-corrected chi connectivity index (χ0v) is 25.5. The topological polar surface area (TPSA) is 156 Å². The lowest BCUT2D eigenvalue weighted by molar-refractivity contribution is -0.274. The smallest absolute Gasteiger partial charge is 0.464 e. The van der Waals surface area contributed by atoms with Gasteiger partial charge in [0.15, 0.2) is 0 Å². The van der Waals surface area contributed by atoms with Crippen molar-refractivity contribution in [1.82, 2.24) is 19.9 Å². The number of rotatable bonds is 14. The molecule has 1 unspecified atom stereocenters. The average molecular weight is 656 g/mol. The van der Waals surface area contributed by atoms with Crippen LogP contribution in [0.25, 0.3) is 0 Å². The lowest BCUT2D eigenvalue weighted by Gasteiger charge is -2.37. The summed E-state index contributed by atoms with van der Waals surface area (Å²) in [6.07, 6.45) is -0.661. The summed E-state index contributed by atoms with van der Waals surface area (Å²) in [6.45, 7) is 1.80. The maximum atomic E-state index is 12.9. The number of esters is 1. The maximum Gasteiger partial charge on any atom is 0.573 e. The molecule has 2 amide bonds. The zero-order valence-electron chi connectivity index (χ0n) is 24.7. The van der Waals surface area contributed by atoms with Crippen LogP contribution in [0.4, 0.5) is 19.0 Å². The van der Waals surface area contributed by atoms with Crippen LogP contribution in [0.5, 0.6) is 5.75 Å². The predicted octanol–water partition coefficient (Wildman–Crippen LogP) is 2.54. The van der Waals surface area contributed by atoms with Gasteiger partial charge in [-0.1, -0.05) is 12.1 Å². The molecule has 2 aliphatic rings. The number of carbonyl (C=O) groups excluding carboxylic acids is 3. The molecule has 1 aromatic carbocycles. The third kappa shape index (κ3) is 9.53. The number of unbranched alkanes of at least 4 members (excludes halogenated alkanes) is 1. The molecule has 0 saturated carbocycles. The highest BCUT2D eigenvalue weighted by Crippen LogP contribution is 2.29. The number of aromatic nitrogens is 1. The molecule has 0 radical (unpaired) electrons. The van der Waals surface area contributed by atoms with Gasteiger partial charge in [0.1, 0.15) is 17.6 Å². The van der Waals surface area contributed by atoms with Crippen LogP contribution in [0, 0.1) is 5.92 Å². The van der Waals surface area contributed by atoms with E-state index in [-0.39, 0.29) is 38.6 Å². The number of halogens is 3. The Labute approximate surface area is 259 Å². The number of amides is 2. The summed E-state index contributed by atoms with van der Waals surface area (Å²) in [5, 5.41) is 8.45. The second-order valence-corrected chi connectivity index (χ2v) is 12.6. The number of aryl methyl sites for hydroxylation is 2. The van der Waals surface area contributed by atoms with E-state index < -0.39 is 50.9 Å². The molecule has 2 aliphatic heterocycles. The largest absolute Gasteiger partial charge is 0.573 e. The number of carbonyl (C=O) groups is 3. The molecule has 0 bridgehead atoms. The second-order valence-electron chi connectivity index (χ2n) is 10.7. The summed E-state index contributed by atoms with van der Waals surface area (Å²) in [7, 11) is -4.20. The van der Waals surface area contributed by atoms with Gasteiger partial charge >= 0.3 is 12.3 Å². The van der Waals surface area contributed by atoms with E-state index in [0.29, 0.717) is 12.8 Å². The fraction of sp³-hybridized carbons (Fsp3) is 0.517. The number of fused-ring (bicyclic) bond motifs is 1. The number of hydrogen-bond donors (Lipinski definition) is 3. The Kier molecular flexibility index (Phi) is 11.3. The standard InChI is InChI=1S/C29H36F3N5O7S/c1-2-43-28(40)24(16-34-25(38)11-4-3-8-21-13-12-19-7-6-14-33-26(19)35-21)36-27(39)20-17-37(18-20)45(41,42)23-10-5-9-22(15-23)44-29(30,31)32/h5,9-10,12-13,15,20,24H,2-4,6-8,11,14,16-18H2,1H3,(H,33,35)(H,34,38)(H,36,39). The normalized spacial score (nSPS) is 16.0. The van der Waals surface area contributed by atoms with Crippen LogP contribution < -0.4 is 20.7 Å². The summed E-state index contributed by atoms with van der Waals surface area (Å²) in [5.41, 5.74) is 2.15. The van der Waals surface area contributed by atoms with E-state index >= 15 is 0 Å². The molecule has 1 saturated heterocycles. The SMILES string of the molecule is CCOC(=O)C(CNC(=O)CCCCc1ccc2c(n1)NCCC2)NC(=O)C1CN(S(=O)(=O)c2cccc(OC(F)(F)F)c2)C1. The monoisotopic (exact) mass is 655 g/mol. The van der Waals surface area contributed by atoms with Crippen molar-refractivity contribution in [2.45, 2.75) is 62.7 Å². The molecule has 0 aliphatic carbocycles. The zero-order chi connectivity index (χ0) is 32.6. The van der Waals surface area contributed by atoms with Crippen LogP contribution in [0.1, 0.15) is 43.9 Å². The van der Waals surface area contributed by atoms with Crippen molar-refractivity contribution in [2.24, 2.45) is 5.92 Å². The van der Waals surface area contributed by atoms with Crippen molar-refractivity contribution < 1.29 is 45.4 Å². The quantitative estimate of drug-likeness (QED) is 0.206. The molecule has 45 heavy (non-hydrogen) atoms. The van der Waals surface area contributed by atoms with E-state index in [4.69, 9.17) is 4.74 Å². The summed E-state index contributed by atoms with van der Waals surface area (Å²) >= 11 is 0. The Morgan fingerprint density at radius 3 is 2.67 bits per heavy atom. The first kappa shape index (κ1) is 34.0. The van der Waals surface area contributed by atoms with Gasteiger partial charge in [-0.15, -0.1) is 13.2 Å². The van der Waals surface area contributed by atoms with E-state index in [1.807, 2.05) is 6.07 Å². The lowest BCUT2D eigenvalue weighted by Crippen LogP contribution is -2.59. The highest BCUT2D eigenvalue weighted by atomic mass is 32.2. The van der Waals surface area contributed by atoms with Gasteiger partial charge in [0.2, 0.25) is 21.8 Å². The first-order chi connectivity index (χ1) is 21.4. The summed E-state index contributed by atoms with van der Waals surface area (Å²) in [6, 6.07) is 6.83. The van der Waals surface area contributed by atoms with E-state index in [2.05, 4.69) is 31.7 Å². The number of pyridine rings is 1. The third-order valence-corrected chi connectivity index (χ3v) is 9.15. The molecule has 2 aromatic rings. The number of benzene rings is 1. The van der Waals surface area contributed by atoms with Crippen LogP contribution in [0.2, 0.25) is 0 Å². The van der Waals surface area contributed by atoms with Crippen molar-refractivity contribution in [3.05, 3.63) is 47.7 Å². The molecule has 4 rings (SSSR count). The van der Waals surface area contributed by atoms with Crippen LogP contribution in [-0.2, 0) is 42.0 Å². The van der Waals surface area contributed by atoms with Gasteiger partial charge in [0, 0.05) is 44.4 Å². The Bertz CT molecular complexity index is 1480. The van der Waals surface area contributed by atoms with E-state index in [0.717, 1.165) is 65.9 Å². The van der Waals surface area contributed by atoms with Gasteiger partial charge in [-0.3, -0.25) is 9.59 Å². The number of alkyl halides is 3. The second kappa shape index (κ2) is 14.9. The van der Waals surface area contributed by atoms with Gasteiger partial charge in [-0.2, -0.15) is 4.31 Å². The first-order valence-electron chi connectivity index (χ1n) is 14.7. The van der Waals surface area contributed by atoms with E-state index in [1.54, 1.807) is 6.92 Å². The Morgan fingerprint density at radius 1 is 1.16 bits per heavy atom. The fourth-order valence-corrected chi connectivity index (χ4v) is 6.48. The molecule has 3 heterocycles. The Morgan fingerprint density at radius 2 is 1.93 bits per heavy atom. The van der Waals surface area contributed by atoms with Gasteiger partial charge in [-0.05, 0) is 62.8 Å². The number of hydrogen-bond acceptors (Lipinski definition) is 9. The van der Waals surface area contributed by atoms with Crippen molar-refractivity contribution in [2.75, 3.05) is 38.1 Å². The first-order valence-corrected chi connectivity index (χ1v) is 16.1. The lowest BCUT2D eigenvalue weighted by atomic mass is 10.0. The van der Waals surface area contributed by atoms with Crippen LogP contribution >= 0.6 is 0 Å². The molecule has 3 N–H and O–H groups in total. The molecular weight excluding hydrogens is 619 g/mol. The summed E-state index contributed by atoms with van der Waals surface area (Å²) in [5.74, 6) is -2.30. The molecule has 246 valence electrons. The van der Waals surface area contributed by atoms with Gasteiger partial charge < -0.3 is 25.4 Å². The van der Waals surface area contributed by atoms with Crippen molar-refractivity contribution in [3.63, 3.8) is 0 Å². The van der Waals surface area contributed by atoms with Crippen molar-refractivity contribution in [3.8, 4) is 5.75 Å². The number of nitrogens with zero attached hydrogens (tertiary/aromatic N) is 2. The van der Waals surface area contributed by atoms with Gasteiger partial charge in [-0.25, -0.2) is 18.2 Å². The van der Waals surface area contributed by atoms with Crippen molar-refractivity contribution in [1.29, 1.82) is 0 Å². The van der Waals surface area contributed by atoms with Gasteiger partial charge in [0.25, 0.3) is 0 Å². The van der Waals surface area contributed by atoms with Gasteiger partial charge in [0.05, 0.1) is 17.4 Å². The molecular formula is C29H36F3N5O7S. The highest BCUT2D eigenvalue weighted by Gasteiger charge is 2.42. The molecule has 0 spiro atoms. The molecule has 12 nitrogen and oxygen atoms in total. The average Bonchev–Trinajstić information content (AvgIpc) is 2.95. The summed E-state index contributed by atoms with van der Waals surface area (Å²) in [4.78, 5) is 42.0. The van der Waals surface area contributed by atoms with E-state index in [1.165, 1.54) is 5.56 Å². The minimum absolute atomic E-state index is 0.0396. The third-order valence-electron chi connectivity index (χ3n) is 7.33. The number of anilines is 1. The van der Waals surface area contributed by atoms with E-state index in [9.17, 15) is 36.0 Å². The molecule has 1 aromatic heterocycles. The Balaban J connectivity index is 1.22. The van der Waals surface area contributed by atoms with Crippen molar-refractivity contribution >= 4 is 33.6 Å². The number of nitrogens with one attached hydrogen (secondary N) is 3.